The van der Waals surface area contributed by atoms with Crippen molar-refractivity contribution in [3.8, 4) is 22.7 Å². The van der Waals surface area contributed by atoms with Crippen LogP contribution in [0.1, 0.15) is 22.5 Å². The van der Waals surface area contributed by atoms with E-state index >= 15 is 0 Å². The van der Waals surface area contributed by atoms with Crippen LogP contribution in [0.15, 0.2) is 114 Å². The minimum absolute atomic E-state index is 0.232. The van der Waals surface area contributed by atoms with Gasteiger partial charge in [-0.05, 0) is 66.2 Å². The Kier molecular flexibility index (Phi) is 8.00. The van der Waals surface area contributed by atoms with Gasteiger partial charge in [0, 0.05) is 32.9 Å². The zero-order chi connectivity index (χ0) is 30.8. The average Bonchev–Trinajstić information content (AvgIpc) is 3.75. The number of benzene rings is 4. The molecular weight excluding hydrogens is 625 g/mol. The third-order valence-corrected chi connectivity index (χ3v) is 8.56. The first kappa shape index (κ1) is 28.7. The molecule has 0 N–H and O–H groups in total. The lowest BCUT2D eigenvalue weighted by Crippen LogP contribution is -2.23. The molecule has 0 unspecified atom stereocenters. The van der Waals surface area contributed by atoms with Crippen LogP contribution < -0.4 is 14.8 Å². The van der Waals surface area contributed by atoms with Gasteiger partial charge in [0.05, 0.1) is 10.2 Å². The van der Waals surface area contributed by atoms with E-state index in [2.05, 4.69) is 10.1 Å². The Balaban J connectivity index is 1.20. The third-order valence-electron chi connectivity index (χ3n) is 7.01. The predicted octanol–water partition coefficient (Wildman–Crippen LogP) is 7.61. The number of thiazole rings is 1. The molecular formula is C35H23Cl2N5O2S. The first-order chi connectivity index (χ1) is 22.0. The molecule has 0 radical (unpaired) electrons. The molecule has 220 valence electrons. The fourth-order valence-corrected chi connectivity index (χ4v) is 6.10. The number of halogens is 2. The second kappa shape index (κ2) is 12.5. The molecule has 0 saturated carbocycles. The summed E-state index contributed by atoms with van der Waals surface area (Å²) in [5.41, 5.74) is 4.91. The number of fused-ring (bicyclic) bond motifs is 1. The Morgan fingerprint density at radius 2 is 1.60 bits per heavy atom. The van der Waals surface area contributed by atoms with E-state index in [4.69, 9.17) is 33.0 Å². The van der Waals surface area contributed by atoms with E-state index in [0.29, 0.717) is 37.7 Å². The van der Waals surface area contributed by atoms with Crippen LogP contribution in [0.25, 0.3) is 40.1 Å². The summed E-state index contributed by atoms with van der Waals surface area (Å²) in [5.74, 6) is 1.16. The highest BCUT2D eigenvalue weighted by atomic mass is 35.5. The van der Waals surface area contributed by atoms with Crippen molar-refractivity contribution < 1.29 is 4.74 Å². The molecule has 45 heavy (non-hydrogen) atoms. The van der Waals surface area contributed by atoms with Crippen molar-refractivity contribution in [2.75, 3.05) is 0 Å². The smallest absolute Gasteiger partial charge is 0.291 e. The molecule has 3 heterocycles. The van der Waals surface area contributed by atoms with E-state index in [9.17, 15) is 4.79 Å². The zero-order valence-electron chi connectivity index (χ0n) is 23.5. The number of ether oxygens (including phenoxy) is 1. The van der Waals surface area contributed by atoms with Crippen LogP contribution in [0.3, 0.4) is 0 Å². The molecule has 0 fully saturated rings. The van der Waals surface area contributed by atoms with E-state index in [0.717, 1.165) is 33.6 Å². The molecule has 0 spiro atoms. The lowest BCUT2D eigenvalue weighted by molar-refractivity contribution is 0.306. The molecule has 0 atom stereocenters. The lowest BCUT2D eigenvalue weighted by Gasteiger charge is -2.09. The molecule has 4 aromatic carbocycles. The summed E-state index contributed by atoms with van der Waals surface area (Å²) in [7, 11) is 0. The summed E-state index contributed by atoms with van der Waals surface area (Å²) in [6.45, 7) is 0.307. The molecule has 0 saturated heterocycles. The van der Waals surface area contributed by atoms with Gasteiger partial charge in [0.25, 0.3) is 5.56 Å². The summed E-state index contributed by atoms with van der Waals surface area (Å²) in [4.78, 5) is 18.5. The Bertz CT molecular complexity index is 2260. The van der Waals surface area contributed by atoms with Crippen LogP contribution in [0.5, 0.6) is 5.75 Å². The highest BCUT2D eigenvalue weighted by Crippen LogP contribution is 2.28. The Hall–Kier alpha value is -5.02. The van der Waals surface area contributed by atoms with Crippen molar-refractivity contribution in [3.05, 3.63) is 157 Å². The maximum absolute atomic E-state index is 13.4. The summed E-state index contributed by atoms with van der Waals surface area (Å²) >= 11 is 13.6. The van der Waals surface area contributed by atoms with E-state index in [1.807, 2.05) is 114 Å². The van der Waals surface area contributed by atoms with Crippen molar-refractivity contribution in [1.29, 1.82) is 0 Å². The minimum atomic E-state index is -0.232. The summed E-state index contributed by atoms with van der Waals surface area (Å²) in [6, 6.07) is 32.7. The van der Waals surface area contributed by atoms with E-state index < -0.39 is 0 Å². The minimum Gasteiger partial charge on any atom is -0.489 e. The molecule has 0 bridgehead atoms. The van der Waals surface area contributed by atoms with Gasteiger partial charge in [-0.2, -0.15) is 14.6 Å². The summed E-state index contributed by atoms with van der Waals surface area (Å²) < 4.78 is 9.64. The zero-order valence-corrected chi connectivity index (χ0v) is 25.9. The first-order valence-corrected chi connectivity index (χ1v) is 15.5. The Morgan fingerprint density at radius 3 is 2.33 bits per heavy atom. The van der Waals surface area contributed by atoms with Gasteiger partial charge in [-0.15, -0.1) is 5.10 Å². The van der Waals surface area contributed by atoms with Crippen LogP contribution in [0.4, 0.5) is 0 Å². The van der Waals surface area contributed by atoms with Crippen LogP contribution in [-0.2, 0) is 6.61 Å². The van der Waals surface area contributed by atoms with Crippen molar-refractivity contribution in [1.82, 2.24) is 24.4 Å². The number of para-hydroxylation sites is 1. The molecule has 0 aliphatic rings. The number of aromatic nitrogens is 5. The molecule has 7 nitrogen and oxygen atoms in total. The van der Waals surface area contributed by atoms with Gasteiger partial charge in [0.2, 0.25) is 4.96 Å². The number of rotatable bonds is 8. The maximum Gasteiger partial charge on any atom is 0.291 e. The van der Waals surface area contributed by atoms with E-state index in [-0.39, 0.29) is 5.56 Å². The van der Waals surface area contributed by atoms with Gasteiger partial charge in [-0.1, -0.05) is 95.2 Å². The van der Waals surface area contributed by atoms with Gasteiger partial charge >= 0.3 is 0 Å². The second-order valence-corrected chi connectivity index (χ2v) is 11.9. The van der Waals surface area contributed by atoms with Crippen LogP contribution in [-0.4, -0.2) is 24.4 Å². The molecule has 10 heteroatoms. The van der Waals surface area contributed by atoms with Crippen molar-refractivity contribution >= 4 is 57.7 Å². The Morgan fingerprint density at radius 1 is 0.844 bits per heavy atom. The lowest BCUT2D eigenvalue weighted by atomic mass is 10.1. The van der Waals surface area contributed by atoms with Crippen molar-refractivity contribution in [2.45, 2.75) is 6.61 Å². The quantitative estimate of drug-likeness (QED) is 0.170. The van der Waals surface area contributed by atoms with Gasteiger partial charge in [0.1, 0.15) is 18.1 Å². The summed E-state index contributed by atoms with van der Waals surface area (Å²) in [5, 5.41) is 10.5. The van der Waals surface area contributed by atoms with Crippen LogP contribution >= 0.6 is 34.5 Å². The highest BCUT2D eigenvalue weighted by Gasteiger charge is 2.14. The molecule has 0 aliphatic heterocycles. The monoisotopic (exact) mass is 647 g/mol. The number of hydrogen-bond acceptors (Lipinski definition) is 6. The fourth-order valence-electron chi connectivity index (χ4n) is 4.73. The highest BCUT2D eigenvalue weighted by molar-refractivity contribution is 7.15. The normalized spacial score (nSPS) is 12.0. The van der Waals surface area contributed by atoms with E-state index in [1.54, 1.807) is 18.2 Å². The van der Waals surface area contributed by atoms with Crippen molar-refractivity contribution in [3.63, 3.8) is 0 Å². The second-order valence-electron chi connectivity index (χ2n) is 10.1. The van der Waals surface area contributed by atoms with Crippen molar-refractivity contribution in [2.24, 2.45) is 0 Å². The van der Waals surface area contributed by atoms with Gasteiger partial charge in [-0.3, -0.25) is 4.79 Å². The van der Waals surface area contributed by atoms with Crippen LogP contribution in [0, 0.1) is 0 Å². The number of nitrogens with zero attached hydrogens (tertiary/aromatic N) is 5. The largest absolute Gasteiger partial charge is 0.489 e. The third kappa shape index (κ3) is 6.30. The molecule has 0 aliphatic carbocycles. The first-order valence-electron chi connectivity index (χ1n) is 14.0. The van der Waals surface area contributed by atoms with Gasteiger partial charge in [0.15, 0.2) is 5.82 Å². The summed E-state index contributed by atoms with van der Waals surface area (Å²) in [6.07, 6.45) is 7.49. The molecule has 7 aromatic rings. The van der Waals surface area contributed by atoms with Gasteiger partial charge in [-0.25, -0.2) is 4.68 Å². The average molecular weight is 649 g/mol. The standard InChI is InChI=1S/C35H23Cl2N5O2S/c36-27-15-12-25(30(37)20-27)22-44-29-16-13-24(14-17-29)33-26(21-41(40-33)28-9-5-2-6-10-28)19-31-34(43)42-35(45-31)38-32(39-42)18-11-23-7-3-1-4-8-23/h1-21H,22H2/b18-11+,31-19-. The predicted molar refractivity (Wildman–Crippen MR) is 181 cm³/mol. The number of hydrogen-bond donors (Lipinski definition) is 0. The topological polar surface area (TPSA) is 74.3 Å². The molecule has 7 rings (SSSR count). The molecule has 3 aromatic heterocycles. The van der Waals surface area contributed by atoms with Crippen LogP contribution in [0.2, 0.25) is 10.0 Å². The van der Waals surface area contributed by atoms with E-state index in [1.165, 1.54) is 15.9 Å². The fraction of sp³-hybridized carbons (Fsp3) is 0.0286. The Labute approximate surface area is 271 Å². The SMILES string of the molecule is O=c1/c(=C/c2cn(-c3ccccc3)nc2-c2ccc(OCc3ccc(Cl)cc3Cl)cc2)sc2nc(/C=C/c3ccccc3)nn12. The van der Waals surface area contributed by atoms with Gasteiger partial charge < -0.3 is 4.74 Å². The molecule has 0 amide bonds. The maximum atomic E-state index is 13.4.